The van der Waals surface area contributed by atoms with E-state index in [1.54, 1.807) is 6.07 Å². The summed E-state index contributed by atoms with van der Waals surface area (Å²) in [6.45, 7) is 4.78. The van der Waals surface area contributed by atoms with E-state index in [0.29, 0.717) is 24.7 Å². The van der Waals surface area contributed by atoms with E-state index in [1.807, 2.05) is 18.2 Å². The average Bonchev–Trinajstić information content (AvgIpc) is 3.18. The number of nitrogens with one attached hydrogen (secondary N) is 3. The van der Waals surface area contributed by atoms with Crippen molar-refractivity contribution in [1.82, 2.24) is 16.0 Å². The first kappa shape index (κ1) is 21.7. The maximum Gasteiger partial charge on any atom is 0.251 e. The molecule has 2 heterocycles. The molecule has 0 spiro atoms. The highest BCUT2D eigenvalue weighted by atomic mass is 35.5. The molecule has 1 aromatic carbocycles. The Morgan fingerprint density at radius 3 is 2.85 bits per heavy atom. The highest BCUT2D eigenvalue weighted by molar-refractivity contribution is 5.94. The van der Waals surface area contributed by atoms with Crippen LogP contribution in [0.5, 0.6) is 0 Å². The molecular formula is C20H30ClN3O3. The number of halogens is 1. The number of hydrogen-bond acceptors (Lipinski definition) is 4. The standard InChI is InChI=1S/C20H29N3O3.ClH/c1-14-10-17(7-8-21-14)20(25)22-12-15-4-2-5-16(11-15)19(24)23-13-18-6-3-9-26-18;/h2,4-5,11,14,17-18,21H,3,6-10,12-13H2,1H3,(H,22,25)(H,23,24);1H/t14-,17-,18?;/m0./s1. The summed E-state index contributed by atoms with van der Waals surface area (Å²) in [5.41, 5.74) is 1.55. The van der Waals surface area contributed by atoms with Crippen LogP contribution in [0.4, 0.5) is 0 Å². The van der Waals surface area contributed by atoms with Crippen molar-refractivity contribution in [1.29, 1.82) is 0 Å². The van der Waals surface area contributed by atoms with Crippen LogP contribution in [0.15, 0.2) is 24.3 Å². The smallest absolute Gasteiger partial charge is 0.251 e. The van der Waals surface area contributed by atoms with E-state index in [1.165, 1.54) is 0 Å². The zero-order valence-electron chi connectivity index (χ0n) is 15.8. The summed E-state index contributed by atoms with van der Waals surface area (Å²) in [6.07, 6.45) is 3.95. The molecule has 3 atom stereocenters. The van der Waals surface area contributed by atoms with Gasteiger partial charge in [-0.15, -0.1) is 12.4 Å². The van der Waals surface area contributed by atoms with Crippen LogP contribution in [0.3, 0.4) is 0 Å². The van der Waals surface area contributed by atoms with E-state index < -0.39 is 0 Å². The number of hydrogen-bond donors (Lipinski definition) is 3. The molecule has 2 saturated heterocycles. The zero-order valence-corrected chi connectivity index (χ0v) is 16.6. The fourth-order valence-electron chi connectivity index (χ4n) is 3.64. The third kappa shape index (κ3) is 6.48. The second kappa shape index (κ2) is 10.6. The van der Waals surface area contributed by atoms with Crippen molar-refractivity contribution in [3.8, 4) is 0 Å². The fraction of sp³-hybridized carbons (Fsp3) is 0.600. The molecule has 1 aromatic rings. The Morgan fingerprint density at radius 2 is 2.11 bits per heavy atom. The van der Waals surface area contributed by atoms with E-state index >= 15 is 0 Å². The predicted molar refractivity (Wildman–Crippen MR) is 107 cm³/mol. The van der Waals surface area contributed by atoms with Crippen LogP contribution >= 0.6 is 12.4 Å². The van der Waals surface area contributed by atoms with Crippen LogP contribution < -0.4 is 16.0 Å². The number of ether oxygens (including phenoxy) is 1. The molecule has 0 bridgehead atoms. The molecule has 3 N–H and O–H groups in total. The minimum absolute atomic E-state index is 0. The van der Waals surface area contributed by atoms with Crippen LogP contribution in [-0.2, 0) is 16.1 Å². The van der Waals surface area contributed by atoms with Crippen molar-refractivity contribution in [2.45, 2.75) is 51.3 Å². The van der Waals surface area contributed by atoms with E-state index in [0.717, 1.165) is 44.4 Å². The monoisotopic (exact) mass is 395 g/mol. The molecule has 7 heteroatoms. The van der Waals surface area contributed by atoms with Crippen LogP contribution in [0, 0.1) is 5.92 Å². The van der Waals surface area contributed by atoms with E-state index in [-0.39, 0.29) is 36.2 Å². The van der Waals surface area contributed by atoms with Crippen molar-refractivity contribution in [3.63, 3.8) is 0 Å². The van der Waals surface area contributed by atoms with Crippen molar-refractivity contribution >= 4 is 24.2 Å². The van der Waals surface area contributed by atoms with Gasteiger partial charge in [0.05, 0.1) is 6.10 Å². The van der Waals surface area contributed by atoms with Gasteiger partial charge < -0.3 is 20.7 Å². The van der Waals surface area contributed by atoms with Crippen LogP contribution in [-0.4, -0.2) is 43.7 Å². The van der Waals surface area contributed by atoms with Gasteiger partial charge in [0.25, 0.3) is 5.91 Å². The van der Waals surface area contributed by atoms with Gasteiger partial charge in [-0.2, -0.15) is 0 Å². The number of benzene rings is 1. The maximum absolute atomic E-state index is 12.4. The topological polar surface area (TPSA) is 79.5 Å². The molecule has 1 unspecified atom stereocenters. The Hall–Kier alpha value is -1.63. The molecule has 0 radical (unpaired) electrons. The lowest BCUT2D eigenvalue weighted by atomic mass is 9.92. The number of carbonyl (C=O) groups is 2. The molecule has 0 aliphatic carbocycles. The van der Waals surface area contributed by atoms with Crippen molar-refractivity contribution < 1.29 is 14.3 Å². The molecule has 2 amide bonds. The first-order valence-corrected chi connectivity index (χ1v) is 9.61. The van der Waals surface area contributed by atoms with E-state index in [4.69, 9.17) is 4.74 Å². The number of piperidine rings is 1. The molecule has 2 aliphatic rings. The summed E-state index contributed by atoms with van der Waals surface area (Å²) < 4.78 is 5.53. The van der Waals surface area contributed by atoms with Gasteiger partial charge in [0.1, 0.15) is 0 Å². The lowest BCUT2D eigenvalue weighted by Crippen LogP contribution is -2.42. The summed E-state index contributed by atoms with van der Waals surface area (Å²) in [5, 5.41) is 9.30. The Morgan fingerprint density at radius 1 is 1.26 bits per heavy atom. The molecular weight excluding hydrogens is 366 g/mol. The molecule has 2 fully saturated rings. The molecule has 6 nitrogen and oxygen atoms in total. The van der Waals surface area contributed by atoms with E-state index in [2.05, 4.69) is 22.9 Å². The molecule has 150 valence electrons. The summed E-state index contributed by atoms with van der Waals surface area (Å²) in [4.78, 5) is 24.7. The first-order valence-electron chi connectivity index (χ1n) is 9.61. The highest BCUT2D eigenvalue weighted by Gasteiger charge is 2.24. The summed E-state index contributed by atoms with van der Waals surface area (Å²) in [6, 6.07) is 7.81. The lowest BCUT2D eigenvalue weighted by Gasteiger charge is -2.27. The highest BCUT2D eigenvalue weighted by Crippen LogP contribution is 2.16. The molecule has 27 heavy (non-hydrogen) atoms. The Balaban J connectivity index is 0.00000261. The largest absolute Gasteiger partial charge is 0.376 e. The van der Waals surface area contributed by atoms with Gasteiger partial charge in [0, 0.05) is 37.2 Å². The van der Waals surface area contributed by atoms with Crippen LogP contribution in [0.2, 0.25) is 0 Å². The lowest BCUT2D eigenvalue weighted by molar-refractivity contribution is -0.126. The molecule has 2 aliphatic heterocycles. The summed E-state index contributed by atoms with van der Waals surface area (Å²) in [5.74, 6) is 0.0802. The average molecular weight is 396 g/mol. The number of rotatable bonds is 6. The van der Waals surface area contributed by atoms with Gasteiger partial charge >= 0.3 is 0 Å². The predicted octanol–water partition coefficient (Wildman–Crippen LogP) is 2.02. The number of carbonyl (C=O) groups excluding carboxylic acids is 2. The fourth-order valence-corrected chi connectivity index (χ4v) is 3.64. The van der Waals surface area contributed by atoms with Gasteiger partial charge in [0.2, 0.25) is 5.91 Å². The SMILES string of the molecule is C[C@H]1C[C@@H](C(=O)NCc2cccc(C(=O)NCC3CCCO3)c2)CCN1.Cl. The van der Waals surface area contributed by atoms with Crippen LogP contribution in [0.1, 0.15) is 48.5 Å². The van der Waals surface area contributed by atoms with Gasteiger partial charge in [-0.25, -0.2) is 0 Å². The first-order chi connectivity index (χ1) is 12.6. The Kier molecular flexibility index (Phi) is 8.54. The van der Waals surface area contributed by atoms with Gasteiger partial charge in [-0.1, -0.05) is 12.1 Å². The summed E-state index contributed by atoms with van der Waals surface area (Å²) in [7, 11) is 0. The molecule has 3 rings (SSSR count). The Labute approximate surface area is 167 Å². The third-order valence-electron chi connectivity index (χ3n) is 5.16. The van der Waals surface area contributed by atoms with Crippen molar-refractivity contribution in [2.75, 3.05) is 19.7 Å². The van der Waals surface area contributed by atoms with Gasteiger partial charge in [0.15, 0.2) is 0 Å². The zero-order chi connectivity index (χ0) is 18.4. The second-order valence-corrected chi connectivity index (χ2v) is 7.34. The molecule has 0 saturated carbocycles. The second-order valence-electron chi connectivity index (χ2n) is 7.34. The molecule has 0 aromatic heterocycles. The van der Waals surface area contributed by atoms with Crippen LogP contribution in [0.25, 0.3) is 0 Å². The summed E-state index contributed by atoms with van der Waals surface area (Å²) >= 11 is 0. The van der Waals surface area contributed by atoms with Gasteiger partial charge in [-0.05, 0) is 56.8 Å². The minimum Gasteiger partial charge on any atom is -0.376 e. The minimum atomic E-state index is -0.0964. The third-order valence-corrected chi connectivity index (χ3v) is 5.16. The van der Waals surface area contributed by atoms with Crippen molar-refractivity contribution in [3.05, 3.63) is 35.4 Å². The Bertz CT molecular complexity index is 635. The number of amides is 2. The normalized spacial score (nSPS) is 24.7. The van der Waals surface area contributed by atoms with Gasteiger partial charge in [-0.3, -0.25) is 9.59 Å². The van der Waals surface area contributed by atoms with Crippen molar-refractivity contribution in [2.24, 2.45) is 5.92 Å². The van der Waals surface area contributed by atoms with E-state index in [9.17, 15) is 9.59 Å². The maximum atomic E-state index is 12.4. The quantitative estimate of drug-likeness (QED) is 0.688.